The van der Waals surface area contributed by atoms with Crippen LogP contribution in [0.25, 0.3) is 0 Å². The Morgan fingerprint density at radius 3 is 2.88 bits per heavy atom. The maximum Gasteiger partial charge on any atom is 0.188 e. The minimum atomic E-state index is -1.03. The summed E-state index contributed by atoms with van der Waals surface area (Å²) >= 11 is 0. The monoisotopic (exact) mass is 230 g/mol. The van der Waals surface area contributed by atoms with E-state index in [9.17, 15) is 10.2 Å². The summed E-state index contributed by atoms with van der Waals surface area (Å²) in [7, 11) is 0. The Labute approximate surface area is 99.7 Å². The fourth-order valence-corrected chi connectivity index (χ4v) is 1.58. The highest BCUT2D eigenvalue weighted by Gasteiger charge is 2.13. The zero-order chi connectivity index (χ0) is 12.3. The van der Waals surface area contributed by atoms with E-state index in [1.807, 2.05) is 13.0 Å². The number of aromatic nitrogens is 1. The van der Waals surface area contributed by atoms with Crippen LogP contribution in [-0.2, 0) is 0 Å². The molecule has 1 aromatic rings. The van der Waals surface area contributed by atoms with E-state index < -0.39 is 6.23 Å². The molecular weight excluding hydrogens is 216 g/mol. The molecule has 1 heterocycles. The van der Waals surface area contributed by atoms with Crippen LogP contribution in [0.5, 0.6) is 0 Å². The Morgan fingerprint density at radius 1 is 1.41 bits per heavy atom. The Morgan fingerprint density at radius 2 is 2.24 bits per heavy atom. The molecule has 1 aliphatic rings. The summed E-state index contributed by atoms with van der Waals surface area (Å²) in [5.74, 6) is 0.111. The van der Waals surface area contributed by atoms with Crippen LogP contribution in [0.4, 0.5) is 0 Å². The van der Waals surface area contributed by atoms with Crippen molar-refractivity contribution in [3.63, 3.8) is 0 Å². The number of aliphatic imine (C=N–C) groups is 1. The number of hydrogen-bond acceptors (Lipinski definition) is 4. The number of aliphatic hydroxyl groups is 2. The molecule has 0 fully saturated rings. The van der Waals surface area contributed by atoms with Gasteiger partial charge in [0.1, 0.15) is 5.76 Å². The molecule has 4 nitrogen and oxygen atoms in total. The second-order valence-electron chi connectivity index (χ2n) is 3.89. The van der Waals surface area contributed by atoms with Crippen molar-refractivity contribution < 1.29 is 10.2 Å². The summed E-state index contributed by atoms with van der Waals surface area (Å²) in [6.45, 7) is 1.90. The van der Waals surface area contributed by atoms with Gasteiger partial charge in [0.2, 0.25) is 0 Å². The Kier molecular flexibility index (Phi) is 3.35. The molecule has 2 rings (SSSR count). The number of pyridine rings is 1. The molecule has 1 aromatic heterocycles. The van der Waals surface area contributed by atoms with Gasteiger partial charge in [0.25, 0.3) is 0 Å². The van der Waals surface area contributed by atoms with Crippen LogP contribution in [0.15, 0.2) is 52.9 Å². The highest BCUT2D eigenvalue weighted by molar-refractivity contribution is 6.00. The maximum atomic E-state index is 9.85. The van der Waals surface area contributed by atoms with Crippen LogP contribution in [0.1, 0.15) is 25.3 Å². The Bertz CT molecular complexity index is 489. The molecule has 0 aromatic carbocycles. The third kappa shape index (κ3) is 2.79. The van der Waals surface area contributed by atoms with Crippen LogP contribution in [0, 0.1) is 0 Å². The molecule has 0 amide bonds. The molecule has 1 unspecified atom stereocenters. The molecule has 0 aliphatic heterocycles. The van der Waals surface area contributed by atoms with Gasteiger partial charge in [-0.3, -0.25) is 4.98 Å². The molecule has 2 N–H and O–H groups in total. The lowest BCUT2D eigenvalue weighted by atomic mass is 10.1. The van der Waals surface area contributed by atoms with Crippen LogP contribution in [0.2, 0.25) is 0 Å². The van der Waals surface area contributed by atoms with Gasteiger partial charge >= 0.3 is 0 Å². The van der Waals surface area contributed by atoms with Gasteiger partial charge in [0.05, 0.1) is 11.4 Å². The quantitative estimate of drug-likeness (QED) is 0.819. The van der Waals surface area contributed by atoms with Gasteiger partial charge in [-0.2, -0.15) is 0 Å². The number of rotatable bonds is 2. The van der Waals surface area contributed by atoms with Crippen LogP contribution >= 0.6 is 0 Å². The molecular formula is C13H14N2O2. The van der Waals surface area contributed by atoms with Gasteiger partial charge in [-0.05, 0) is 25.1 Å². The molecule has 0 saturated heterocycles. The van der Waals surface area contributed by atoms with Crippen LogP contribution < -0.4 is 0 Å². The number of allylic oxidation sites excluding steroid dienone is 4. The second kappa shape index (κ2) is 4.93. The van der Waals surface area contributed by atoms with E-state index in [0.717, 1.165) is 5.57 Å². The van der Waals surface area contributed by atoms with Crippen LogP contribution in [0.3, 0.4) is 0 Å². The highest BCUT2D eigenvalue weighted by Crippen LogP contribution is 2.17. The average Bonchev–Trinajstić information content (AvgIpc) is 2.34. The molecule has 0 bridgehead atoms. The van der Waals surface area contributed by atoms with Gasteiger partial charge in [0, 0.05) is 12.6 Å². The molecule has 0 spiro atoms. The summed E-state index contributed by atoms with van der Waals surface area (Å²) < 4.78 is 0. The zero-order valence-electron chi connectivity index (χ0n) is 9.54. The predicted octanol–water partition coefficient (Wildman–Crippen LogP) is 2.31. The van der Waals surface area contributed by atoms with E-state index in [1.54, 1.807) is 30.5 Å². The summed E-state index contributed by atoms with van der Waals surface area (Å²) in [6, 6.07) is 5.25. The van der Waals surface area contributed by atoms with E-state index in [-0.39, 0.29) is 5.76 Å². The molecule has 4 heteroatoms. The first-order chi connectivity index (χ1) is 8.16. The first-order valence-electron chi connectivity index (χ1n) is 5.40. The topological polar surface area (TPSA) is 65.7 Å². The van der Waals surface area contributed by atoms with Crippen molar-refractivity contribution in [1.82, 2.24) is 4.98 Å². The van der Waals surface area contributed by atoms with Gasteiger partial charge in [-0.1, -0.05) is 17.7 Å². The van der Waals surface area contributed by atoms with Gasteiger partial charge < -0.3 is 10.2 Å². The third-order valence-corrected chi connectivity index (χ3v) is 2.51. The van der Waals surface area contributed by atoms with Crippen molar-refractivity contribution in [2.45, 2.75) is 19.6 Å². The summed E-state index contributed by atoms with van der Waals surface area (Å²) in [4.78, 5) is 8.08. The molecule has 1 atom stereocenters. The SMILES string of the molecule is CC1=CCC(=NC(O)c2ccccn2)C(O)=C1. The molecule has 17 heavy (non-hydrogen) atoms. The second-order valence-corrected chi connectivity index (χ2v) is 3.89. The van der Waals surface area contributed by atoms with Crippen LogP contribution in [-0.4, -0.2) is 20.9 Å². The average molecular weight is 230 g/mol. The minimum Gasteiger partial charge on any atom is -0.506 e. The van der Waals surface area contributed by atoms with E-state index in [4.69, 9.17) is 0 Å². The summed E-state index contributed by atoms with van der Waals surface area (Å²) in [6.07, 6.45) is 4.67. The van der Waals surface area contributed by atoms with Crippen molar-refractivity contribution in [3.8, 4) is 0 Å². The van der Waals surface area contributed by atoms with Crippen molar-refractivity contribution in [2.75, 3.05) is 0 Å². The van der Waals surface area contributed by atoms with E-state index in [1.165, 1.54) is 0 Å². The normalized spacial score (nSPS) is 19.8. The van der Waals surface area contributed by atoms with Gasteiger partial charge in [-0.15, -0.1) is 0 Å². The minimum absolute atomic E-state index is 0.111. The van der Waals surface area contributed by atoms with E-state index in [0.29, 0.717) is 17.8 Å². The first-order valence-corrected chi connectivity index (χ1v) is 5.40. The smallest absolute Gasteiger partial charge is 0.188 e. The lowest BCUT2D eigenvalue weighted by Crippen LogP contribution is -2.09. The first kappa shape index (κ1) is 11.5. The summed E-state index contributed by atoms with van der Waals surface area (Å²) in [5, 5.41) is 19.5. The lowest BCUT2D eigenvalue weighted by molar-refractivity contribution is 0.183. The molecule has 1 aliphatic carbocycles. The van der Waals surface area contributed by atoms with Crippen molar-refractivity contribution in [3.05, 3.63) is 53.6 Å². The third-order valence-electron chi connectivity index (χ3n) is 2.51. The van der Waals surface area contributed by atoms with Gasteiger partial charge in [-0.25, -0.2) is 4.99 Å². The Balaban J connectivity index is 2.19. The Hall–Kier alpha value is -1.94. The standard InChI is InChI=1S/C13H14N2O2/c1-9-5-6-10(12(16)8-9)15-13(17)11-4-2-3-7-14-11/h2-5,7-8,13,16-17H,6H2,1H3. The molecule has 0 radical (unpaired) electrons. The molecule has 0 saturated carbocycles. The zero-order valence-corrected chi connectivity index (χ0v) is 9.54. The van der Waals surface area contributed by atoms with E-state index >= 15 is 0 Å². The fraction of sp³-hybridized carbons (Fsp3) is 0.231. The maximum absolute atomic E-state index is 9.85. The number of aliphatic hydroxyl groups excluding tert-OH is 2. The predicted molar refractivity (Wildman–Crippen MR) is 65.7 cm³/mol. The molecule has 88 valence electrons. The summed E-state index contributed by atoms with van der Waals surface area (Å²) in [5.41, 5.74) is 1.95. The van der Waals surface area contributed by atoms with E-state index in [2.05, 4.69) is 9.98 Å². The number of nitrogens with zero attached hydrogens (tertiary/aromatic N) is 2. The van der Waals surface area contributed by atoms with Crippen molar-refractivity contribution >= 4 is 5.71 Å². The lowest BCUT2D eigenvalue weighted by Gasteiger charge is -2.12. The highest BCUT2D eigenvalue weighted by atomic mass is 16.3. The fourth-order valence-electron chi connectivity index (χ4n) is 1.58. The van der Waals surface area contributed by atoms with Gasteiger partial charge in [0.15, 0.2) is 6.23 Å². The van der Waals surface area contributed by atoms with Crippen molar-refractivity contribution in [2.24, 2.45) is 4.99 Å². The number of hydrogen-bond donors (Lipinski definition) is 2. The van der Waals surface area contributed by atoms with Crippen molar-refractivity contribution in [1.29, 1.82) is 0 Å². The largest absolute Gasteiger partial charge is 0.506 e.